The Kier molecular flexibility index (Phi) is 6.62. The number of methoxy groups -OCH3 is 1. The molecule has 1 atom stereocenters. The first-order valence-corrected chi connectivity index (χ1v) is 11.9. The molecule has 0 aliphatic heterocycles. The van der Waals surface area contributed by atoms with E-state index in [-0.39, 0.29) is 0 Å². The molecule has 0 heterocycles. The van der Waals surface area contributed by atoms with E-state index in [2.05, 4.69) is 30.8 Å². The van der Waals surface area contributed by atoms with Crippen molar-refractivity contribution in [3.8, 4) is 0 Å². The summed E-state index contributed by atoms with van der Waals surface area (Å²) in [7, 11) is -0.938. The molecule has 2 rings (SSSR count). The average molecular weight is 387 g/mol. The third-order valence-corrected chi connectivity index (χ3v) is 9.20. The quantitative estimate of drug-likeness (QED) is 0.316. The van der Waals surface area contributed by atoms with Crippen molar-refractivity contribution < 1.29 is 19.3 Å². The third-order valence-electron chi connectivity index (χ3n) is 4.61. The van der Waals surface area contributed by atoms with E-state index in [0.29, 0.717) is 6.04 Å². The fourth-order valence-corrected chi connectivity index (χ4v) is 7.38. The van der Waals surface area contributed by atoms with E-state index >= 15 is 0 Å². The summed E-state index contributed by atoms with van der Waals surface area (Å²) in [5.41, 5.74) is -1.75. The lowest BCUT2D eigenvalue weighted by molar-refractivity contribution is -0.389. The van der Waals surface area contributed by atoms with Crippen LogP contribution in [-0.4, -0.2) is 32.4 Å². The van der Waals surface area contributed by atoms with E-state index in [1.165, 1.54) is 17.5 Å². The predicted octanol–water partition coefficient (Wildman–Crippen LogP) is 3.56. The molecule has 2 aromatic carbocycles. The Bertz CT molecular complexity index is 700. The second-order valence-electron chi connectivity index (χ2n) is 8.24. The molecule has 0 aliphatic rings. The second-order valence-corrected chi connectivity index (χ2v) is 12.4. The number of rotatable bonds is 7. The van der Waals surface area contributed by atoms with Crippen molar-refractivity contribution in [2.75, 3.05) is 7.11 Å². The van der Waals surface area contributed by atoms with E-state index in [9.17, 15) is 4.79 Å². The van der Waals surface area contributed by atoms with Gasteiger partial charge in [0, 0.05) is 0 Å². The Balaban J connectivity index is 2.49. The summed E-state index contributed by atoms with van der Waals surface area (Å²) in [4.78, 5) is 24.0. The van der Waals surface area contributed by atoms with Crippen molar-refractivity contribution in [1.29, 1.82) is 0 Å². The lowest BCUT2D eigenvalue weighted by Gasteiger charge is -2.37. The van der Waals surface area contributed by atoms with Crippen LogP contribution in [0.1, 0.15) is 27.7 Å². The zero-order valence-electron chi connectivity index (χ0n) is 17.1. The summed E-state index contributed by atoms with van der Waals surface area (Å²) in [5, 5.41) is 2.45. The van der Waals surface area contributed by atoms with Crippen LogP contribution in [0, 0.1) is 0 Å². The minimum Gasteiger partial charge on any atom is -0.467 e. The molecule has 0 spiro atoms. The highest BCUT2D eigenvalue weighted by atomic mass is 28.3. The molecular formula is C22H30O4Si. The molecule has 0 aromatic heterocycles. The lowest BCUT2D eigenvalue weighted by Crippen LogP contribution is -2.61. The van der Waals surface area contributed by atoms with E-state index in [4.69, 9.17) is 14.5 Å². The summed E-state index contributed by atoms with van der Waals surface area (Å²) in [6.45, 7) is 9.65. The standard InChI is InChI=1S/C22H30O4Si/c1-21(2,3)25-26-22(4,20(23)24-5)17-27(6,18-13-9-7-10-14-18)19-15-11-8-12-16-19/h7-16H,17H2,1-6H3. The van der Waals surface area contributed by atoms with Crippen molar-refractivity contribution in [2.24, 2.45) is 0 Å². The molecule has 0 amide bonds. The van der Waals surface area contributed by atoms with Gasteiger partial charge in [-0.2, -0.15) is 0 Å². The molecule has 0 saturated heterocycles. The van der Waals surface area contributed by atoms with Crippen LogP contribution in [0.3, 0.4) is 0 Å². The van der Waals surface area contributed by atoms with Gasteiger partial charge in [-0.15, -0.1) is 0 Å². The molecule has 0 fully saturated rings. The first-order valence-electron chi connectivity index (χ1n) is 9.17. The van der Waals surface area contributed by atoms with Crippen LogP contribution >= 0.6 is 0 Å². The van der Waals surface area contributed by atoms with Gasteiger partial charge in [-0.1, -0.05) is 77.6 Å². The van der Waals surface area contributed by atoms with Gasteiger partial charge in [-0.3, -0.25) is 0 Å². The lowest BCUT2D eigenvalue weighted by atomic mass is 10.1. The number of hydrogen-bond acceptors (Lipinski definition) is 4. The Morgan fingerprint density at radius 1 is 0.852 bits per heavy atom. The SMILES string of the molecule is COC(=O)C(C)(C[Si](C)(c1ccccc1)c1ccccc1)OOC(C)(C)C. The summed E-state index contributed by atoms with van der Waals surface area (Å²) >= 11 is 0. The van der Waals surface area contributed by atoms with Gasteiger partial charge < -0.3 is 4.74 Å². The van der Waals surface area contributed by atoms with Crippen molar-refractivity contribution in [1.82, 2.24) is 0 Å². The van der Waals surface area contributed by atoms with Crippen LogP contribution in [0.15, 0.2) is 60.7 Å². The Morgan fingerprint density at radius 3 is 1.67 bits per heavy atom. The zero-order chi connectivity index (χ0) is 20.1. The van der Waals surface area contributed by atoms with Crippen LogP contribution in [0.4, 0.5) is 0 Å². The van der Waals surface area contributed by atoms with Gasteiger partial charge >= 0.3 is 5.97 Å². The van der Waals surface area contributed by atoms with Gasteiger partial charge in [0.15, 0.2) is 5.60 Å². The highest BCUT2D eigenvalue weighted by Gasteiger charge is 2.47. The summed E-state index contributed by atoms with van der Waals surface area (Å²) < 4.78 is 5.08. The van der Waals surface area contributed by atoms with Crippen molar-refractivity contribution >= 4 is 24.4 Å². The maximum atomic E-state index is 12.7. The molecule has 2 aromatic rings. The number of carbonyl (C=O) groups is 1. The van der Waals surface area contributed by atoms with E-state index in [1.54, 1.807) is 6.92 Å². The van der Waals surface area contributed by atoms with Crippen LogP contribution < -0.4 is 10.4 Å². The molecule has 27 heavy (non-hydrogen) atoms. The van der Waals surface area contributed by atoms with Gasteiger partial charge in [0.05, 0.1) is 12.7 Å². The minimum absolute atomic E-state index is 0.433. The third kappa shape index (κ3) is 5.28. The van der Waals surface area contributed by atoms with Gasteiger partial charge in [0.2, 0.25) is 0 Å². The first-order chi connectivity index (χ1) is 12.6. The van der Waals surface area contributed by atoms with Gasteiger partial charge in [-0.05, 0) is 33.7 Å². The van der Waals surface area contributed by atoms with E-state index in [0.717, 1.165) is 0 Å². The number of hydrogen-bond donors (Lipinski definition) is 0. The summed E-state index contributed by atoms with van der Waals surface area (Å²) in [6, 6.07) is 21.1. The van der Waals surface area contributed by atoms with Gasteiger partial charge in [-0.25, -0.2) is 14.6 Å². The summed E-state index contributed by atoms with van der Waals surface area (Å²) in [6.07, 6.45) is 0. The van der Waals surface area contributed by atoms with Crippen LogP contribution in [0.5, 0.6) is 0 Å². The number of benzene rings is 2. The van der Waals surface area contributed by atoms with Crippen molar-refractivity contribution in [2.45, 2.75) is 51.5 Å². The van der Waals surface area contributed by atoms with Crippen LogP contribution in [-0.2, 0) is 19.3 Å². The zero-order valence-corrected chi connectivity index (χ0v) is 18.1. The Hall–Kier alpha value is -1.95. The first kappa shape index (κ1) is 21.3. The molecule has 0 bridgehead atoms. The fraction of sp³-hybridized carbons (Fsp3) is 0.409. The topological polar surface area (TPSA) is 44.8 Å². The maximum absolute atomic E-state index is 12.7. The highest BCUT2D eigenvalue weighted by molar-refractivity contribution is 7.01. The predicted molar refractivity (Wildman–Crippen MR) is 111 cm³/mol. The average Bonchev–Trinajstić information content (AvgIpc) is 2.66. The van der Waals surface area contributed by atoms with Crippen molar-refractivity contribution in [3.63, 3.8) is 0 Å². The number of esters is 1. The van der Waals surface area contributed by atoms with Crippen LogP contribution in [0.25, 0.3) is 0 Å². The maximum Gasteiger partial charge on any atom is 0.340 e. The van der Waals surface area contributed by atoms with Crippen molar-refractivity contribution in [3.05, 3.63) is 60.7 Å². The molecule has 4 nitrogen and oxygen atoms in total. The fourth-order valence-electron chi connectivity index (χ4n) is 3.23. The molecule has 0 saturated carbocycles. The summed E-state index contributed by atoms with van der Waals surface area (Å²) in [5.74, 6) is -0.433. The van der Waals surface area contributed by atoms with Crippen LogP contribution in [0.2, 0.25) is 12.6 Å². The highest BCUT2D eigenvalue weighted by Crippen LogP contribution is 2.28. The molecule has 0 aliphatic carbocycles. The minimum atomic E-state index is -2.32. The number of ether oxygens (including phenoxy) is 1. The molecular weight excluding hydrogens is 356 g/mol. The Labute approximate surface area is 163 Å². The monoisotopic (exact) mass is 386 g/mol. The normalized spacial score (nSPS) is 14.4. The second kappa shape index (κ2) is 8.38. The smallest absolute Gasteiger partial charge is 0.340 e. The molecule has 0 radical (unpaired) electrons. The molecule has 146 valence electrons. The molecule has 0 N–H and O–H groups in total. The Morgan fingerprint density at radius 2 is 1.30 bits per heavy atom. The van der Waals surface area contributed by atoms with E-state index in [1.807, 2.05) is 57.2 Å². The largest absolute Gasteiger partial charge is 0.467 e. The molecule has 1 unspecified atom stereocenters. The molecule has 5 heteroatoms. The van der Waals surface area contributed by atoms with Gasteiger partial charge in [0.25, 0.3) is 0 Å². The van der Waals surface area contributed by atoms with E-state index < -0.39 is 25.2 Å². The number of carbonyl (C=O) groups excluding carboxylic acids is 1. The van der Waals surface area contributed by atoms with Gasteiger partial charge in [0.1, 0.15) is 8.07 Å².